The first-order valence-electron chi connectivity index (χ1n) is 12.1. The molecule has 0 aliphatic carbocycles. The molecule has 0 amide bonds. The molecule has 2 atom stereocenters. The van der Waals surface area contributed by atoms with E-state index in [4.69, 9.17) is 9.47 Å². The predicted molar refractivity (Wildman–Crippen MR) is 134 cm³/mol. The smallest absolute Gasteiger partial charge is 0.248 e. The zero-order valence-corrected chi connectivity index (χ0v) is 22.4. The van der Waals surface area contributed by atoms with Crippen molar-refractivity contribution in [2.24, 2.45) is 0 Å². The van der Waals surface area contributed by atoms with Crippen LogP contribution >= 0.6 is 0 Å². The monoisotopic (exact) mass is 575 g/mol. The standard InChI is InChI=1S/C24H31F2N3O7S2/c1-27-37(31,32)20-5-2-4-19(12-20)35-16-18(30)14-28-17-13-24(36-15-17)8-10-29(11-9-24)38(33,34)23-21(25)6-3-7-22(23)26/h2-7,12,17-18,27-28,30H,8-11,13-16H2,1H3/t17?,18-/m0/s1. The highest BCUT2D eigenvalue weighted by Crippen LogP contribution is 2.38. The molecule has 2 aliphatic rings. The quantitative estimate of drug-likeness (QED) is 0.385. The highest BCUT2D eigenvalue weighted by Gasteiger charge is 2.45. The molecule has 0 saturated carbocycles. The first-order valence-corrected chi connectivity index (χ1v) is 15.0. The van der Waals surface area contributed by atoms with E-state index in [2.05, 4.69) is 10.0 Å². The minimum atomic E-state index is -4.32. The van der Waals surface area contributed by atoms with E-state index in [-0.39, 0.29) is 37.2 Å². The third kappa shape index (κ3) is 6.33. The Morgan fingerprint density at radius 1 is 1.13 bits per heavy atom. The average Bonchev–Trinajstić information content (AvgIpc) is 3.28. The van der Waals surface area contributed by atoms with Gasteiger partial charge >= 0.3 is 0 Å². The summed E-state index contributed by atoms with van der Waals surface area (Å²) in [6, 6.07) is 8.82. The second kappa shape index (κ2) is 11.5. The number of aliphatic hydroxyl groups is 1. The molecule has 2 aromatic rings. The summed E-state index contributed by atoms with van der Waals surface area (Å²) in [7, 11) is -6.62. The van der Waals surface area contributed by atoms with E-state index in [0.717, 1.165) is 22.5 Å². The minimum absolute atomic E-state index is 0.0522. The molecule has 2 fully saturated rings. The van der Waals surface area contributed by atoms with Crippen molar-refractivity contribution in [2.45, 2.75) is 46.8 Å². The van der Waals surface area contributed by atoms with Crippen LogP contribution in [0.15, 0.2) is 52.3 Å². The van der Waals surface area contributed by atoms with Crippen LogP contribution < -0.4 is 14.8 Å². The summed E-state index contributed by atoms with van der Waals surface area (Å²) in [5.74, 6) is -1.93. The number of aliphatic hydroxyl groups excluding tert-OH is 1. The van der Waals surface area contributed by atoms with Crippen LogP contribution in [0, 0.1) is 11.6 Å². The van der Waals surface area contributed by atoms with Crippen molar-refractivity contribution in [3.63, 3.8) is 0 Å². The van der Waals surface area contributed by atoms with Gasteiger partial charge in [0.05, 0.1) is 17.1 Å². The molecular weight excluding hydrogens is 544 g/mol. The van der Waals surface area contributed by atoms with E-state index in [9.17, 15) is 30.7 Å². The van der Waals surface area contributed by atoms with Gasteiger partial charge in [-0.3, -0.25) is 0 Å². The van der Waals surface area contributed by atoms with Gasteiger partial charge < -0.3 is 19.9 Å². The molecular formula is C24H31F2N3O7S2. The number of hydrogen-bond donors (Lipinski definition) is 3. The fourth-order valence-corrected chi connectivity index (χ4v) is 7.03. The van der Waals surface area contributed by atoms with Crippen LogP contribution in [0.5, 0.6) is 5.75 Å². The second-order valence-corrected chi connectivity index (χ2v) is 13.2. The Balaban J connectivity index is 1.25. The van der Waals surface area contributed by atoms with Crippen molar-refractivity contribution >= 4 is 20.0 Å². The van der Waals surface area contributed by atoms with Crippen molar-refractivity contribution in [1.82, 2.24) is 14.3 Å². The van der Waals surface area contributed by atoms with Gasteiger partial charge in [-0.05, 0) is 50.6 Å². The second-order valence-electron chi connectivity index (χ2n) is 9.41. The van der Waals surface area contributed by atoms with Crippen molar-refractivity contribution in [3.05, 3.63) is 54.1 Å². The molecule has 4 rings (SSSR count). The first kappa shape index (κ1) is 28.8. The van der Waals surface area contributed by atoms with Crippen molar-refractivity contribution < 1.29 is 40.2 Å². The van der Waals surface area contributed by atoms with Gasteiger partial charge in [-0.25, -0.2) is 30.3 Å². The number of ether oxygens (including phenoxy) is 2. The molecule has 0 bridgehead atoms. The van der Waals surface area contributed by atoms with Crippen LogP contribution in [-0.2, 0) is 24.8 Å². The topological polar surface area (TPSA) is 134 Å². The Hall–Kier alpha value is -2.20. The molecule has 14 heteroatoms. The molecule has 1 unspecified atom stereocenters. The Labute approximate surface area is 221 Å². The lowest BCUT2D eigenvalue weighted by molar-refractivity contribution is -0.0312. The maximum absolute atomic E-state index is 14.1. The minimum Gasteiger partial charge on any atom is -0.491 e. The Morgan fingerprint density at radius 2 is 1.79 bits per heavy atom. The maximum Gasteiger partial charge on any atom is 0.248 e. The lowest BCUT2D eigenvalue weighted by Gasteiger charge is -2.38. The normalized spacial score (nSPS) is 21.0. The van der Waals surface area contributed by atoms with Crippen molar-refractivity contribution in [3.8, 4) is 5.75 Å². The van der Waals surface area contributed by atoms with Gasteiger partial charge in [0.15, 0.2) is 4.90 Å². The summed E-state index contributed by atoms with van der Waals surface area (Å²) in [5, 5.41) is 13.6. The van der Waals surface area contributed by atoms with E-state index in [1.807, 2.05) is 0 Å². The van der Waals surface area contributed by atoms with Crippen LogP contribution in [-0.4, -0.2) is 83.9 Å². The van der Waals surface area contributed by atoms with E-state index < -0.39 is 48.3 Å². The van der Waals surface area contributed by atoms with E-state index in [1.54, 1.807) is 12.1 Å². The molecule has 2 aliphatic heterocycles. The van der Waals surface area contributed by atoms with E-state index in [1.165, 1.54) is 19.2 Å². The molecule has 2 aromatic carbocycles. The third-order valence-electron chi connectivity index (χ3n) is 6.83. The SMILES string of the molecule is CNS(=O)(=O)c1cccc(OC[C@@H](O)CNC2COC3(CCN(S(=O)(=O)c4c(F)cccc4F)CC3)C2)c1. The molecule has 38 heavy (non-hydrogen) atoms. The Bertz CT molecular complexity index is 1330. The maximum atomic E-state index is 14.1. The zero-order valence-electron chi connectivity index (χ0n) is 20.8. The molecule has 0 aromatic heterocycles. The predicted octanol–water partition coefficient (Wildman–Crippen LogP) is 1.21. The molecule has 3 N–H and O–H groups in total. The number of sulfonamides is 2. The largest absolute Gasteiger partial charge is 0.491 e. The van der Waals surface area contributed by atoms with Crippen LogP contribution in [0.25, 0.3) is 0 Å². The molecule has 2 saturated heterocycles. The Kier molecular flexibility index (Phi) is 8.71. The fraction of sp³-hybridized carbons (Fsp3) is 0.500. The molecule has 1 spiro atoms. The van der Waals surface area contributed by atoms with Gasteiger partial charge in [-0.2, -0.15) is 4.31 Å². The fourth-order valence-electron chi connectivity index (χ4n) is 4.72. The summed E-state index contributed by atoms with van der Waals surface area (Å²) < 4.78 is 92.6. The summed E-state index contributed by atoms with van der Waals surface area (Å²) >= 11 is 0. The van der Waals surface area contributed by atoms with Gasteiger partial charge in [0.1, 0.15) is 30.1 Å². The number of rotatable bonds is 10. The summed E-state index contributed by atoms with van der Waals surface area (Å²) in [6.07, 6.45) is 0.460. The van der Waals surface area contributed by atoms with Gasteiger partial charge in [0.25, 0.3) is 0 Å². The van der Waals surface area contributed by atoms with Gasteiger partial charge in [0.2, 0.25) is 20.0 Å². The first-order chi connectivity index (χ1) is 18.0. The highest BCUT2D eigenvalue weighted by atomic mass is 32.2. The number of piperidine rings is 1. The summed E-state index contributed by atoms with van der Waals surface area (Å²) in [5.41, 5.74) is -0.557. The zero-order chi connectivity index (χ0) is 27.6. The lowest BCUT2D eigenvalue weighted by Crippen LogP contribution is -2.47. The lowest BCUT2D eigenvalue weighted by atomic mass is 9.88. The molecule has 210 valence electrons. The summed E-state index contributed by atoms with van der Waals surface area (Å²) in [6.45, 7) is 0.648. The average molecular weight is 576 g/mol. The van der Waals surface area contributed by atoms with E-state index in [0.29, 0.717) is 31.6 Å². The number of benzene rings is 2. The van der Waals surface area contributed by atoms with Gasteiger partial charge in [-0.15, -0.1) is 0 Å². The highest BCUT2D eigenvalue weighted by molar-refractivity contribution is 7.89. The van der Waals surface area contributed by atoms with Crippen LogP contribution in [0.2, 0.25) is 0 Å². The number of nitrogens with one attached hydrogen (secondary N) is 2. The van der Waals surface area contributed by atoms with Gasteiger partial charge in [-0.1, -0.05) is 12.1 Å². The molecule has 0 radical (unpaired) electrons. The van der Waals surface area contributed by atoms with Crippen molar-refractivity contribution in [1.29, 1.82) is 0 Å². The Morgan fingerprint density at radius 3 is 2.45 bits per heavy atom. The number of nitrogens with zero attached hydrogens (tertiary/aromatic N) is 1. The molecule has 2 heterocycles. The van der Waals surface area contributed by atoms with Crippen LogP contribution in [0.3, 0.4) is 0 Å². The molecule has 10 nitrogen and oxygen atoms in total. The van der Waals surface area contributed by atoms with E-state index >= 15 is 0 Å². The van der Waals surface area contributed by atoms with Crippen molar-refractivity contribution in [2.75, 3.05) is 39.9 Å². The third-order valence-corrected chi connectivity index (χ3v) is 10.2. The summed E-state index contributed by atoms with van der Waals surface area (Å²) in [4.78, 5) is -0.883. The van der Waals surface area contributed by atoms with Crippen LogP contribution in [0.4, 0.5) is 8.78 Å². The van der Waals surface area contributed by atoms with Gasteiger partial charge in [0, 0.05) is 31.7 Å². The number of hydrogen-bond acceptors (Lipinski definition) is 8. The van der Waals surface area contributed by atoms with Crippen LogP contribution in [0.1, 0.15) is 19.3 Å². The number of halogens is 2.